The van der Waals surface area contributed by atoms with E-state index in [0.29, 0.717) is 4.43 Å². The van der Waals surface area contributed by atoms with Crippen molar-refractivity contribution in [3.05, 3.63) is 0 Å². The first-order valence-corrected chi connectivity index (χ1v) is 3.98. The molecular formula is C5H11IO3. The Balaban J connectivity index is 3.82. The normalized spacial score (nSPS) is 12.0. The molecule has 0 amide bonds. The van der Waals surface area contributed by atoms with E-state index in [2.05, 4.69) is 22.6 Å². The summed E-state index contributed by atoms with van der Waals surface area (Å²) in [5.41, 5.74) is 0. The predicted octanol–water partition coefficient (Wildman–Crippen LogP) is 1.01. The van der Waals surface area contributed by atoms with Crippen molar-refractivity contribution in [3.8, 4) is 0 Å². The van der Waals surface area contributed by atoms with Crippen molar-refractivity contribution in [1.29, 1.82) is 0 Å². The van der Waals surface area contributed by atoms with E-state index in [0.717, 1.165) is 0 Å². The van der Waals surface area contributed by atoms with Gasteiger partial charge in [0.2, 0.25) is 0 Å². The standard InChI is InChI=1S/C5H11IO3/c1-7-5(4-6,8-2)9-3/h4H2,1-3H3. The Kier molecular flexibility index (Phi) is 4.73. The lowest BCUT2D eigenvalue weighted by Crippen LogP contribution is -2.37. The first-order chi connectivity index (χ1) is 4.24. The number of hydrogen-bond acceptors (Lipinski definition) is 3. The maximum atomic E-state index is 4.93. The molecule has 0 radical (unpaired) electrons. The van der Waals surface area contributed by atoms with Gasteiger partial charge in [0.1, 0.15) is 0 Å². The van der Waals surface area contributed by atoms with E-state index >= 15 is 0 Å². The Bertz CT molecular complexity index is 55.1. The zero-order chi connectivity index (χ0) is 7.33. The molecule has 0 aliphatic carbocycles. The second-order valence-corrected chi connectivity index (χ2v) is 2.19. The number of methoxy groups -OCH3 is 3. The molecule has 9 heavy (non-hydrogen) atoms. The predicted molar refractivity (Wildman–Crippen MR) is 42.6 cm³/mol. The minimum atomic E-state index is -0.847. The van der Waals surface area contributed by atoms with E-state index in [1.54, 1.807) is 21.3 Å². The third-order valence-corrected chi connectivity index (χ3v) is 2.03. The Morgan fingerprint density at radius 3 is 1.44 bits per heavy atom. The van der Waals surface area contributed by atoms with Crippen LogP contribution in [-0.2, 0) is 14.2 Å². The number of ether oxygens (including phenoxy) is 3. The van der Waals surface area contributed by atoms with Gasteiger partial charge in [-0.3, -0.25) is 0 Å². The van der Waals surface area contributed by atoms with Crippen molar-refractivity contribution in [1.82, 2.24) is 0 Å². The van der Waals surface area contributed by atoms with Crippen LogP contribution < -0.4 is 0 Å². The number of alkyl halides is 1. The fourth-order valence-electron chi connectivity index (χ4n) is 0.414. The van der Waals surface area contributed by atoms with Gasteiger partial charge in [-0.2, -0.15) is 0 Å². The Labute approximate surface area is 68.8 Å². The molecule has 0 aromatic rings. The average molecular weight is 246 g/mol. The van der Waals surface area contributed by atoms with Crippen LogP contribution >= 0.6 is 22.6 Å². The monoisotopic (exact) mass is 246 g/mol. The van der Waals surface area contributed by atoms with Crippen LogP contribution in [0.2, 0.25) is 0 Å². The van der Waals surface area contributed by atoms with Gasteiger partial charge in [-0.05, 0) is 0 Å². The zero-order valence-corrected chi connectivity index (χ0v) is 7.97. The summed E-state index contributed by atoms with van der Waals surface area (Å²) in [6, 6.07) is 0. The first kappa shape index (κ1) is 9.61. The van der Waals surface area contributed by atoms with Crippen molar-refractivity contribution in [2.24, 2.45) is 0 Å². The number of rotatable bonds is 4. The molecule has 3 nitrogen and oxygen atoms in total. The van der Waals surface area contributed by atoms with Gasteiger partial charge in [0.15, 0.2) is 0 Å². The molecule has 0 saturated carbocycles. The maximum Gasteiger partial charge on any atom is 0.291 e. The SMILES string of the molecule is COC(CI)(OC)OC. The summed E-state index contributed by atoms with van der Waals surface area (Å²) < 4.78 is 15.4. The molecule has 0 bridgehead atoms. The van der Waals surface area contributed by atoms with Crippen molar-refractivity contribution in [2.75, 3.05) is 25.8 Å². The first-order valence-electron chi connectivity index (χ1n) is 2.46. The van der Waals surface area contributed by atoms with Crippen LogP contribution in [0, 0.1) is 0 Å². The molecule has 0 rings (SSSR count). The van der Waals surface area contributed by atoms with E-state index in [9.17, 15) is 0 Å². The third-order valence-electron chi connectivity index (χ3n) is 1.10. The summed E-state index contributed by atoms with van der Waals surface area (Å²) in [7, 11) is 4.64. The highest BCUT2D eigenvalue weighted by Crippen LogP contribution is 2.14. The minimum Gasteiger partial charge on any atom is -0.330 e. The van der Waals surface area contributed by atoms with Gasteiger partial charge in [-0.25, -0.2) is 0 Å². The third kappa shape index (κ3) is 2.37. The Hall–Kier alpha value is 0.610. The molecule has 4 heteroatoms. The van der Waals surface area contributed by atoms with Gasteiger partial charge < -0.3 is 14.2 Å². The molecule has 0 fully saturated rings. The molecule has 0 saturated heterocycles. The quantitative estimate of drug-likeness (QED) is 0.421. The number of hydrogen-bond donors (Lipinski definition) is 0. The highest BCUT2D eigenvalue weighted by atomic mass is 127. The van der Waals surface area contributed by atoms with Gasteiger partial charge in [0, 0.05) is 21.3 Å². The number of halogens is 1. The van der Waals surface area contributed by atoms with E-state index in [1.807, 2.05) is 0 Å². The average Bonchev–Trinajstić information content (AvgIpc) is 1.95. The largest absolute Gasteiger partial charge is 0.330 e. The highest BCUT2D eigenvalue weighted by molar-refractivity contribution is 14.1. The summed E-state index contributed by atoms with van der Waals surface area (Å²) in [5, 5.41) is 0. The molecule has 56 valence electrons. The summed E-state index contributed by atoms with van der Waals surface area (Å²) in [4.78, 5) is 0. The second kappa shape index (κ2) is 4.43. The van der Waals surface area contributed by atoms with Crippen molar-refractivity contribution < 1.29 is 14.2 Å². The Morgan fingerprint density at radius 1 is 1.11 bits per heavy atom. The van der Waals surface area contributed by atoms with E-state index in [1.165, 1.54) is 0 Å². The summed E-state index contributed by atoms with van der Waals surface area (Å²) in [6.45, 7) is 0. The fourth-order valence-corrected chi connectivity index (χ4v) is 1.35. The maximum absolute atomic E-state index is 4.93. The van der Waals surface area contributed by atoms with Crippen molar-refractivity contribution in [3.63, 3.8) is 0 Å². The van der Waals surface area contributed by atoms with Gasteiger partial charge in [-0.15, -0.1) is 0 Å². The van der Waals surface area contributed by atoms with Crippen LogP contribution in [0.4, 0.5) is 0 Å². The molecule has 0 aromatic heterocycles. The Morgan fingerprint density at radius 2 is 1.44 bits per heavy atom. The zero-order valence-electron chi connectivity index (χ0n) is 5.81. The van der Waals surface area contributed by atoms with Crippen LogP contribution in [0.1, 0.15) is 0 Å². The topological polar surface area (TPSA) is 27.7 Å². The summed E-state index contributed by atoms with van der Waals surface area (Å²) in [5.74, 6) is -0.847. The lowest BCUT2D eigenvalue weighted by atomic mass is 10.6. The smallest absolute Gasteiger partial charge is 0.291 e. The van der Waals surface area contributed by atoms with Crippen LogP contribution in [0.25, 0.3) is 0 Å². The molecule has 0 aromatic carbocycles. The fraction of sp³-hybridized carbons (Fsp3) is 1.00. The van der Waals surface area contributed by atoms with Crippen molar-refractivity contribution >= 4 is 22.6 Å². The van der Waals surface area contributed by atoms with Crippen molar-refractivity contribution in [2.45, 2.75) is 5.97 Å². The summed E-state index contributed by atoms with van der Waals surface area (Å²) in [6.07, 6.45) is 0. The molecule has 0 N–H and O–H groups in total. The van der Waals surface area contributed by atoms with Crippen LogP contribution in [0.3, 0.4) is 0 Å². The van der Waals surface area contributed by atoms with E-state index < -0.39 is 5.97 Å². The second-order valence-electron chi connectivity index (χ2n) is 1.43. The molecule has 0 unspecified atom stereocenters. The molecule has 0 aliphatic rings. The lowest BCUT2D eigenvalue weighted by molar-refractivity contribution is -0.334. The van der Waals surface area contributed by atoms with E-state index in [4.69, 9.17) is 14.2 Å². The van der Waals surface area contributed by atoms with Crippen LogP contribution in [-0.4, -0.2) is 31.7 Å². The van der Waals surface area contributed by atoms with Crippen LogP contribution in [0.5, 0.6) is 0 Å². The van der Waals surface area contributed by atoms with Gasteiger partial charge in [0.25, 0.3) is 5.97 Å². The molecule has 0 spiro atoms. The molecule has 0 aliphatic heterocycles. The highest BCUT2D eigenvalue weighted by Gasteiger charge is 2.27. The molecule has 0 atom stereocenters. The molecule has 0 heterocycles. The lowest BCUT2D eigenvalue weighted by Gasteiger charge is -2.25. The molecular weight excluding hydrogens is 235 g/mol. The van der Waals surface area contributed by atoms with Crippen LogP contribution in [0.15, 0.2) is 0 Å². The van der Waals surface area contributed by atoms with Gasteiger partial charge in [-0.1, -0.05) is 22.6 Å². The van der Waals surface area contributed by atoms with E-state index in [-0.39, 0.29) is 0 Å². The van der Waals surface area contributed by atoms with Gasteiger partial charge >= 0.3 is 0 Å². The van der Waals surface area contributed by atoms with Gasteiger partial charge in [0.05, 0.1) is 4.43 Å². The minimum absolute atomic E-state index is 0.647. The summed E-state index contributed by atoms with van der Waals surface area (Å²) >= 11 is 2.13.